The van der Waals surface area contributed by atoms with Gasteiger partial charge in [-0.3, -0.25) is 10.2 Å². The Morgan fingerprint density at radius 3 is 2.52 bits per heavy atom. The van der Waals surface area contributed by atoms with Crippen LogP contribution in [0.2, 0.25) is 0 Å². The average molecular weight is 324 g/mol. The first kappa shape index (κ1) is 18.6. The lowest BCUT2D eigenvalue weighted by molar-refractivity contribution is -0.144. The first-order valence-corrected chi connectivity index (χ1v) is 7.42. The molecule has 0 heterocycles. The lowest BCUT2D eigenvalue weighted by atomic mass is 10.2. The molecule has 8 nitrogen and oxygen atoms in total. The molecular formula is C15H24N4O4. The number of hydrazine groups is 2. The van der Waals surface area contributed by atoms with Gasteiger partial charge in [-0.05, 0) is 30.7 Å². The molecule has 1 rings (SSSR count). The summed E-state index contributed by atoms with van der Waals surface area (Å²) >= 11 is 0. The zero-order valence-electron chi connectivity index (χ0n) is 13.6. The summed E-state index contributed by atoms with van der Waals surface area (Å²) in [5.41, 5.74) is 8.53. The van der Waals surface area contributed by atoms with E-state index < -0.39 is 11.9 Å². The van der Waals surface area contributed by atoms with Gasteiger partial charge in [-0.25, -0.2) is 4.79 Å². The molecule has 0 bridgehead atoms. The minimum Gasteiger partial charge on any atom is -0.494 e. The fourth-order valence-electron chi connectivity index (χ4n) is 1.59. The normalized spacial score (nSPS) is 11.3. The van der Waals surface area contributed by atoms with Crippen LogP contribution in [0, 0.1) is 5.92 Å². The van der Waals surface area contributed by atoms with Crippen LogP contribution in [-0.2, 0) is 9.53 Å². The Morgan fingerprint density at radius 2 is 1.91 bits per heavy atom. The molecule has 0 fully saturated rings. The van der Waals surface area contributed by atoms with E-state index in [2.05, 4.69) is 26.4 Å². The third-order valence-electron chi connectivity index (χ3n) is 2.88. The van der Waals surface area contributed by atoms with E-state index in [9.17, 15) is 9.59 Å². The molecule has 2 amide bonds. The highest BCUT2D eigenvalue weighted by molar-refractivity contribution is 5.76. The molecule has 0 spiro atoms. The molecule has 0 radical (unpaired) electrons. The summed E-state index contributed by atoms with van der Waals surface area (Å²) in [6.07, 6.45) is 0.954. The number of hydrogen-bond donors (Lipinski definition) is 4. The molecule has 0 aliphatic carbocycles. The van der Waals surface area contributed by atoms with E-state index in [0.29, 0.717) is 6.61 Å². The predicted octanol–water partition coefficient (Wildman–Crippen LogP) is 1.42. The van der Waals surface area contributed by atoms with E-state index in [-0.39, 0.29) is 12.5 Å². The Bertz CT molecular complexity index is 493. The number of carbonyl (C=O) groups excluding carboxylic acids is 2. The lowest BCUT2D eigenvalue weighted by Gasteiger charge is -2.13. The molecule has 0 saturated heterocycles. The quantitative estimate of drug-likeness (QED) is 0.405. The Balaban J connectivity index is 2.23. The van der Waals surface area contributed by atoms with Gasteiger partial charge in [-0.1, -0.05) is 13.8 Å². The van der Waals surface area contributed by atoms with E-state index in [1.54, 1.807) is 6.92 Å². The van der Waals surface area contributed by atoms with Crippen LogP contribution in [0.3, 0.4) is 0 Å². The van der Waals surface area contributed by atoms with Crippen molar-refractivity contribution < 1.29 is 19.1 Å². The fourth-order valence-corrected chi connectivity index (χ4v) is 1.59. The molecule has 1 aromatic carbocycles. The zero-order valence-corrected chi connectivity index (χ0v) is 13.6. The van der Waals surface area contributed by atoms with E-state index in [1.165, 1.54) is 7.11 Å². The molecule has 8 heteroatoms. The molecule has 0 aliphatic rings. The van der Waals surface area contributed by atoms with Crippen LogP contribution < -0.4 is 26.4 Å². The number of amides is 2. The smallest absolute Gasteiger partial charge is 0.330 e. The molecule has 4 N–H and O–H groups in total. The number of methoxy groups -OCH3 is 1. The maximum absolute atomic E-state index is 11.5. The Hall–Kier alpha value is -2.48. The summed E-state index contributed by atoms with van der Waals surface area (Å²) in [6, 6.07) is 6.83. The van der Waals surface area contributed by atoms with Gasteiger partial charge in [0.25, 0.3) is 0 Å². The van der Waals surface area contributed by atoms with E-state index in [1.807, 2.05) is 31.2 Å². The van der Waals surface area contributed by atoms with Crippen molar-refractivity contribution in [1.29, 1.82) is 0 Å². The molecule has 1 atom stereocenters. The highest BCUT2D eigenvalue weighted by Gasteiger charge is 2.13. The second-order valence-corrected chi connectivity index (χ2v) is 4.88. The first-order valence-electron chi connectivity index (χ1n) is 7.42. The Morgan fingerprint density at radius 1 is 1.22 bits per heavy atom. The van der Waals surface area contributed by atoms with Gasteiger partial charge in [0.1, 0.15) is 5.75 Å². The van der Waals surface area contributed by atoms with Crippen molar-refractivity contribution >= 4 is 17.7 Å². The summed E-state index contributed by atoms with van der Waals surface area (Å²) < 4.78 is 10.0. The molecule has 0 aliphatic heterocycles. The molecule has 0 unspecified atom stereocenters. The molecule has 1 aromatic rings. The predicted molar refractivity (Wildman–Crippen MR) is 86.7 cm³/mol. The van der Waals surface area contributed by atoms with Crippen LogP contribution in [0.25, 0.3) is 0 Å². The van der Waals surface area contributed by atoms with Gasteiger partial charge in [0.15, 0.2) is 0 Å². The summed E-state index contributed by atoms with van der Waals surface area (Å²) in [4.78, 5) is 22.7. The van der Waals surface area contributed by atoms with Crippen molar-refractivity contribution in [1.82, 2.24) is 16.3 Å². The minimum atomic E-state index is -0.462. The average Bonchev–Trinajstić information content (AvgIpc) is 2.58. The van der Waals surface area contributed by atoms with Crippen LogP contribution in [0.1, 0.15) is 20.3 Å². The van der Waals surface area contributed by atoms with Gasteiger partial charge >= 0.3 is 12.0 Å². The highest BCUT2D eigenvalue weighted by atomic mass is 16.5. The Labute approximate surface area is 135 Å². The fraction of sp³-hybridized carbons (Fsp3) is 0.467. The van der Waals surface area contributed by atoms with E-state index >= 15 is 0 Å². The largest absolute Gasteiger partial charge is 0.494 e. The molecule has 0 aromatic heterocycles. The van der Waals surface area contributed by atoms with Crippen LogP contribution in [-0.4, -0.2) is 32.3 Å². The molecule has 23 heavy (non-hydrogen) atoms. The van der Waals surface area contributed by atoms with Crippen molar-refractivity contribution in [2.24, 2.45) is 5.92 Å². The number of carbonyl (C=O) groups is 2. The van der Waals surface area contributed by atoms with Crippen molar-refractivity contribution in [2.75, 3.05) is 25.7 Å². The second-order valence-electron chi connectivity index (χ2n) is 4.88. The number of urea groups is 1. The first-order chi connectivity index (χ1) is 11.1. The summed E-state index contributed by atoms with van der Waals surface area (Å²) in [5.74, 6) is 0.0102. The van der Waals surface area contributed by atoms with Gasteiger partial charge in [-0.15, -0.1) is 5.53 Å². The minimum absolute atomic E-state index is 0.184. The highest BCUT2D eigenvalue weighted by Crippen LogP contribution is 2.14. The van der Waals surface area contributed by atoms with Gasteiger partial charge in [0.05, 0.1) is 25.3 Å². The van der Waals surface area contributed by atoms with Crippen molar-refractivity contribution in [3.05, 3.63) is 24.3 Å². The second kappa shape index (κ2) is 10.3. The van der Waals surface area contributed by atoms with Crippen molar-refractivity contribution in [3.8, 4) is 5.75 Å². The maximum atomic E-state index is 11.5. The van der Waals surface area contributed by atoms with Crippen LogP contribution in [0.5, 0.6) is 5.75 Å². The van der Waals surface area contributed by atoms with Crippen LogP contribution in [0.4, 0.5) is 10.5 Å². The number of rotatable bonds is 9. The lowest BCUT2D eigenvalue weighted by Crippen LogP contribution is -2.48. The monoisotopic (exact) mass is 324 g/mol. The molecule has 128 valence electrons. The van der Waals surface area contributed by atoms with Crippen molar-refractivity contribution in [3.63, 3.8) is 0 Å². The zero-order chi connectivity index (χ0) is 17.1. The summed E-state index contributed by atoms with van der Waals surface area (Å²) in [7, 11) is 1.31. The van der Waals surface area contributed by atoms with E-state index in [0.717, 1.165) is 17.9 Å². The van der Waals surface area contributed by atoms with Gasteiger partial charge < -0.3 is 20.2 Å². The number of benzene rings is 1. The van der Waals surface area contributed by atoms with Gasteiger partial charge in [0, 0.05) is 6.54 Å². The number of esters is 1. The number of ether oxygens (including phenoxy) is 2. The summed E-state index contributed by atoms with van der Waals surface area (Å²) in [6.45, 7) is 4.57. The SMILES string of the molecule is CCCOc1ccc(NNNC(=O)NC[C@@H](C)C(=O)OC)cc1. The maximum Gasteiger partial charge on any atom is 0.330 e. The molecular weight excluding hydrogens is 300 g/mol. The van der Waals surface area contributed by atoms with Gasteiger partial charge in [-0.2, -0.15) is 0 Å². The third kappa shape index (κ3) is 7.37. The van der Waals surface area contributed by atoms with Crippen LogP contribution in [0.15, 0.2) is 24.3 Å². The summed E-state index contributed by atoms with van der Waals surface area (Å²) in [5, 5.41) is 2.54. The third-order valence-corrected chi connectivity index (χ3v) is 2.88. The number of hydrogen-bond acceptors (Lipinski definition) is 6. The Kier molecular flexibility index (Phi) is 8.30. The standard InChI is InChI=1S/C15H24N4O4/c1-4-9-23-13-7-5-12(6-8-13)17-19-18-15(21)16-10-11(2)14(20)22-3/h5-8,11,17,19H,4,9-10H2,1-3H3,(H2,16,18,21)/t11-/m1/s1. The molecule has 0 saturated carbocycles. The van der Waals surface area contributed by atoms with E-state index in [4.69, 9.17) is 4.74 Å². The van der Waals surface area contributed by atoms with Crippen molar-refractivity contribution in [2.45, 2.75) is 20.3 Å². The topological polar surface area (TPSA) is 101 Å². The number of anilines is 1. The van der Waals surface area contributed by atoms with Gasteiger partial charge in [0.2, 0.25) is 0 Å². The number of nitrogens with one attached hydrogen (secondary N) is 4. The van der Waals surface area contributed by atoms with Crippen LogP contribution >= 0.6 is 0 Å².